The highest BCUT2D eigenvalue weighted by Crippen LogP contribution is 2.29. The van der Waals surface area contributed by atoms with E-state index in [0.29, 0.717) is 22.6 Å². The number of ether oxygens (including phenoxy) is 2. The van der Waals surface area contributed by atoms with E-state index in [4.69, 9.17) is 15.2 Å². The van der Waals surface area contributed by atoms with Gasteiger partial charge >= 0.3 is 0 Å². The molecule has 0 radical (unpaired) electrons. The molecule has 174 valence electrons. The fraction of sp³-hybridized carbons (Fsp3) is 0.143. The predicted molar refractivity (Wildman–Crippen MR) is 120 cm³/mol. The quantitative estimate of drug-likeness (QED) is 0.270. The number of nitrogens with one attached hydrogen (secondary N) is 1. The van der Waals surface area contributed by atoms with E-state index in [-0.39, 0.29) is 34.5 Å². The number of hydrazone groups is 1. The first kappa shape index (κ1) is 22.3. The average Bonchev–Trinajstić information content (AvgIpc) is 3.48. The van der Waals surface area contributed by atoms with Gasteiger partial charge in [0.25, 0.3) is 5.91 Å². The lowest BCUT2D eigenvalue weighted by Crippen LogP contribution is -2.21. The summed E-state index contributed by atoms with van der Waals surface area (Å²) in [5, 5.41) is 29.2. The van der Waals surface area contributed by atoms with Gasteiger partial charge in [0.15, 0.2) is 17.2 Å². The van der Waals surface area contributed by atoms with Gasteiger partial charge in [-0.15, -0.1) is 5.10 Å². The lowest BCUT2D eigenvalue weighted by molar-refractivity contribution is 0.0950. The van der Waals surface area contributed by atoms with Crippen molar-refractivity contribution < 1.29 is 24.0 Å². The average molecular weight is 464 g/mol. The minimum Gasteiger partial charge on any atom is -0.504 e. The Labute approximate surface area is 192 Å². The molecule has 0 fully saturated rings. The Bertz CT molecular complexity index is 1380. The molecule has 4 aromatic rings. The van der Waals surface area contributed by atoms with Crippen LogP contribution in [0.1, 0.15) is 23.0 Å². The lowest BCUT2D eigenvalue weighted by atomic mass is 10.1. The number of nitrogens with zero attached hydrogens (tertiary/aromatic N) is 6. The van der Waals surface area contributed by atoms with Crippen molar-refractivity contribution in [2.75, 3.05) is 20.0 Å². The minimum atomic E-state index is -0.635. The fourth-order valence-electron chi connectivity index (χ4n) is 3.11. The highest BCUT2D eigenvalue weighted by atomic mass is 16.6. The number of benzene rings is 2. The Morgan fingerprint density at radius 1 is 1.18 bits per heavy atom. The van der Waals surface area contributed by atoms with Gasteiger partial charge in [-0.2, -0.15) is 9.78 Å². The van der Waals surface area contributed by atoms with Gasteiger partial charge in [0.2, 0.25) is 11.6 Å². The van der Waals surface area contributed by atoms with Gasteiger partial charge in [-0.05, 0) is 47.6 Å². The third-order valence-electron chi connectivity index (χ3n) is 4.85. The van der Waals surface area contributed by atoms with Gasteiger partial charge in [0, 0.05) is 11.1 Å². The van der Waals surface area contributed by atoms with Crippen molar-refractivity contribution in [1.29, 1.82) is 0 Å². The molecule has 2 aromatic carbocycles. The number of phenolic OH excluding ortho intramolecular Hbond substituents is 1. The number of aromatic hydroxyl groups is 1. The second-order valence-electron chi connectivity index (χ2n) is 6.93. The molecular weight excluding hydrogens is 444 g/mol. The Morgan fingerprint density at radius 3 is 2.71 bits per heavy atom. The van der Waals surface area contributed by atoms with E-state index in [1.54, 1.807) is 43.3 Å². The molecule has 4 N–H and O–H groups in total. The van der Waals surface area contributed by atoms with Crippen LogP contribution >= 0.6 is 0 Å². The van der Waals surface area contributed by atoms with Crippen LogP contribution in [0, 0.1) is 0 Å². The third-order valence-corrected chi connectivity index (χ3v) is 4.85. The van der Waals surface area contributed by atoms with Crippen molar-refractivity contribution in [3.63, 3.8) is 0 Å². The van der Waals surface area contributed by atoms with Gasteiger partial charge in [-0.25, -0.2) is 10.1 Å². The molecule has 0 saturated carbocycles. The van der Waals surface area contributed by atoms with Crippen LogP contribution in [-0.2, 0) is 0 Å². The second kappa shape index (κ2) is 9.28. The lowest BCUT2D eigenvalue weighted by Gasteiger charge is -2.08. The summed E-state index contributed by atoms with van der Waals surface area (Å²) in [5.41, 5.74) is 10.2. The maximum Gasteiger partial charge on any atom is 0.294 e. The summed E-state index contributed by atoms with van der Waals surface area (Å²) in [7, 11) is 2.96. The molecule has 0 unspecified atom stereocenters. The molecule has 13 heteroatoms. The standard InChI is InChI=1S/C21H20N8O5/c1-11(12-7-8-15(30)16(10-12)33-3)23-25-21(31)17-18(13-5-4-6-14(9-13)32-2)29(28-24-17)20-19(22)26-34-27-20/h4-10,30H,1-3H3,(H2,22,26)(H,25,31)/b23-11+. The van der Waals surface area contributed by atoms with Gasteiger partial charge in [-0.3, -0.25) is 4.79 Å². The first-order valence-electron chi connectivity index (χ1n) is 9.83. The van der Waals surface area contributed by atoms with Gasteiger partial charge < -0.3 is 20.3 Å². The van der Waals surface area contributed by atoms with E-state index in [0.717, 1.165) is 0 Å². The summed E-state index contributed by atoms with van der Waals surface area (Å²) in [6.07, 6.45) is 0. The monoisotopic (exact) mass is 464 g/mol. The summed E-state index contributed by atoms with van der Waals surface area (Å²) >= 11 is 0. The number of nitrogens with two attached hydrogens (primary N) is 1. The highest BCUT2D eigenvalue weighted by molar-refractivity contribution is 6.02. The number of amides is 1. The zero-order valence-corrected chi connectivity index (χ0v) is 18.4. The normalized spacial score (nSPS) is 11.3. The molecule has 0 aliphatic rings. The molecule has 0 spiro atoms. The molecule has 0 aliphatic carbocycles. The first-order valence-corrected chi connectivity index (χ1v) is 9.83. The molecule has 1 amide bonds. The molecule has 0 atom stereocenters. The van der Waals surface area contributed by atoms with E-state index in [2.05, 4.69) is 35.8 Å². The summed E-state index contributed by atoms with van der Waals surface area (Å²) in [4.78, 5) is 13.1. The third kappa shape index (κ3) is 4.21. The number of rotatable bonds is 7. The predicted octanol–water partition coefficient (Wildman–Crippen LogP) is 1.78. The first-order chi connectivity index (χ1) is 16.4. The molecule has 2 aromatic heterocycles. The van der Waals surface area contributed by atoms with Crippen LogP contribution < -0.4 is 20.6 Å². The number of hydrogen-bond acceptors (Lipinski definition) is 11. The highest BCUT2D eigenvalue weighted by Gasteiger charge is 2.25. The van der Waals surface area contributed by atoms with E-state index in [1.807, 2.05) is 0 Å². The van der Waals surface area contributed by atoms with E-state index in [9.17, 15) is 9.90 Å². The van der Waals surface area contributed by atoms with Crippen LogP contribution in [-0.4, -0.2) is 56.3 Å². The van der Waals surface area contributed by atoms with Crippen molar-refractivity contribution in [2.45, 2.75) is 6.92 Å². The molecular formula is C21H20N8O5. The smallest absolute Gasteiger partial charge is 0.294 e. The van der Waals surface area contributed by atoms with Crippen molar-refractivity contribution in [1.82, 2.24) is 30.7 Å². The van der Waals surface area contributed by atoms with Crippen LogP contribution in [0.2, 0.25) is 0 Å². The zero-order chi connectivity index (χ0) is 24.2. The maximum absolute atomic E-state index is 13.1. The van der Waals surface area contributed by atoms with Gasteiger partial charge in [-0.1, -0.05) is 17.3 Å². The van der Waals surface area contributed by atoms with Crippen LogP contribution in [0.4, 0.5) is 5.82 Å². The topological polar surface area (TPSA) is 176 Å². The molecule has 34 heavy (non-hydrogen) atoms. The number of anilines is 1. The number of hydrogen-bond donors (Lipinski definition) is 3. The van der Waals surface area contributed by atoms with E-state index >= 15 is 0 Å². The van der Waals surface area contributed by atoms with E-state index < -0.39 is 5.91 Å². The van der Waals surface area contributed by atoms with Crippen LogP contribution in [0.15, 0.2) is 52.2 Å². The van der Waals surface area contributed by atoms with Gasteiger partial charge in [0.1, 0.15) is 11.4 Å². The fourth-order valence-corrected chi connectivity index (χ4v) is 3.11. The summed E-state index contributed by atoms with van der Waals surface area (Å²) < 4.78 is 16.3. The van der Waals surface area contributed by atoms with E-state index in [1.165, 1.54) is 25.0 Å². The van der Waals surface area contributed by atoms with Gasteiger partial charge in [0.05, 0.1) is 19.9 Å². The number of carbonyl (C=O) groups excluding carboxylic acids is 1. The molecule has 4 rings (SSSR count). The van der Waals surface area contributed by atoms with Crippen LogP contribution in [0.3, 0.4) is 0 Å². The molecule has 2 heterocycles. The number of methoxy groups -OCH3 is 2. The van der Waals surface area contributed by atoms with Crippen molar-refractivity contribution >= 4 is 17.4 Å². The van der Waals surface area contributed by atoms with Crippen molar-refractivity contribution in [2.24, 2.45) is 5.10 Å². The Morgan fingerprint density at radius 2 is 2.00 bits per heavy atom. The zero-order valence-electron chi connectivity index (χ0n) is 18.4. The Hall–Kier alpha value is -4.94. The van der Waals surface area contributed by atoms with Crippen LogP contribution in [0.25, 0.3) is 17.1 Å². The number of aromatic nitrogens is 5. The summed E-state index contributed by atoms with van der Waals surface area (Å²) in [5.74, 6) is 0.225. The largest absolute Gasteiger partial charge is 0.504 e. The number of nitrogen functional groups attached to an aromatic ring is 1. The molecule has 0 aliphatic heterocycles. The second-order valence-corrected chi connectivity index (χ2v) is 6.93. The SMILES string of the molecule is COc1cccc(-c2c(C(=O)N/N=C(\C)c3ccc(O)c(OC)c3)nnn2-c2nonc2N)c1. The molecule has 0 bridgehead atoms. The maximum atomic E-state index is 13.1. The number of carbonyl (C=O) groups is 1. The Kier molecular flexibility index (Phi) is 6.07. The summed E-state index contributed by atoms with van der Waals surface area (Å²) in [6, 6.07) is 11.7. The molecule has 0 saturated heterocycles. The minimum absolute atomic E-state index is 0.00995. The molecule has 13 nitrogen and oxygen atoms in total. The summed E-state index contributed by atoms with van der Waals surface area (Å²) in [6.45, 7) is 1.69. The van der Waals surface area contributed by atoms with Crippen molar-refractivity contribution in [3.05, 3.63) is 53.7 Å². The van der Waals surface area contributed by atoms with Crippen molar-refractivity contribution in [3.8, 4) is 34.3 Å². The Balaban J connectivity index is 1.71. The van der Waals surface area contributed by atoms with Crippen LogP contribution in [0.5, 0.6) is 17.2 Å². The number of phenols is 1.